The molecule has 1 aliphatic heterocycles. The second-order valence-corrected chi connectivity index (χ2v) is 8.37. The summed E-state index contributed by atoms with van der Waals surface area (Å²) in [6.45, 7) is 0.700. The number of hydrogen-bond acceptors (Lipinski definition) is 6. The van der Waals surface area contributed by atoms with Crippen LogP contribution in [0.2, 0.25) is 0 Å². The van der Waals surface area contributed by atoms with Crippen LogP contribution in [0.5, 0.6) is 11.5 Å². The molecule has 1 saturated heterocycles. The van der Waals surface area contributed by atoms with Crippen molar-refractivity contribution < 1.29 is 18.7 Å². The van der Waals surface area contributed by atoms with Crippen LogP contribution in [0.1, 0.15) is 19.3 Å². The SMILES string of the molecule is COc1ccc(OCC(=O)Nc2cnc3ccc(N4CCCC4C4C=C(F)C=CC4)nn23)cc1. The summed E-state index contributed by atoms with van der Waals surface area (Å²) in [6, 6.07) is 11.0. The number of amides is 1. The van der Waals surface area contributed by atoms with Gasteiger partial charge in [0.2, 0.25) is 0 Å². The van der Waals surface area contributed by atoms with E-state index in [1.165, 1.54) is 6.08 Å². The van der Waals surface area contributed by atoms with E-state index in [0.29, 0.717) is 23.0 Å². The van der Waals surface area contributed by atoms with E-state index in [9.17, 15) is 9.18 Å². The van der Waals surface area contributed by atoms with E-state index in [4.69, 9.17) is 14.6 Å². The third-order valence-electron chi connectivity index (χ3n) is 6.19. The number of nitrogens with one attached hydrogen (secondary N) is 1. The number of nitrogens with zero attached hydrogens (tertiary/aromatic N) is 4. The van der Waals surface area contributed by atoms with Crippen LogP contribution in [-0.4, -0.2) is 46.8 Å². The number of imidazole rings is 1. The van der Waals surface area contributed by atoms with Gasteiger partial charge in [-0.15, -0.1) is 5.10 Å². The summed E-state index contributed by atoms with van der Waals surface area (Å²) in [4.78, 5) is 19.1. The van der Waals surface area contributed by atoms with Crippen molar-refractivity contribution in [1.82, 2.24) is 14.6 Å². The van der Waals surface area contributed by atoms with Crippen molar-refractivity contribution >= 4 is 23.2 Å². The summed E-state index contributed by atoms with van der Waals surface area (Å²) in [5, 5.41) is 7.57. The van der Waals surface area contributed by atoms with E-state index in [1.54, 1.807) is 48.2 Å². The second-order valence-electron chi connectivity index (χ2n) is 8.37. The Kier molecular flexibility index (Phi) is 6.16. The van der Waals surface area contributed by atoms with E-state index < -0.39 is 0 Å². The average Bonchev–Trinajstić information content (AvgIpc) is 3.50. The molecule has 176 valence electrons. The largest absolute Gasteiger partial charge is 0.497 e. The molecule has 0 bridgehead atoms. The maximum Gasteiger partial charge on any atom is 0.263 e. The highest BCUT2D eigenvalue weighted by Gasteiger charge is 2.32. The topological polar surface area (TPSA) is 81.0 Å². The fourth-order valence-corrected chi connectivity index (χ4v) is 4.56. The Bertz CT molecular complexity index is 1240. The van der Waals surface area contributed by atoms with Gasteiger partial charge in [0.15, 0.2) is 18.1 Å². The van der Waals surface area contributed by atoms with Crippen LogP contribution in [-0.2, 0) is 4.79 Å². The van der Waals surface area contributed by atoms with Gasteiger partial charge in [-0.05, 0) is 67.8 Å². The first-order chi connectivity index (χ1) is 16.6. The van der Waals surface area contributed by atoms with Crippen molar-refractivity contribution in [2.45, 2.75) is 25.3 Å². The fraction of sp³-hybridized carbons (Fsp3) is 0.320. The smallest absolute Gasteiger partial charge is 0.263 e. The highest BCUT2D eigenvalue weighted by Crippen LogP contribution is 2.33. The Morgan fingerprint density at radius 3 is 2.82 bits per heavy atom. The second kappa shape index (κ2) is 9.54. The van der Waals surface area contributed by atoms with Crippen molar-refractivity contribution in [1.29, 1.82) is 0 Å². The lowest BCUT2D eigenvalue weighted by atomic mass is 9.90. The van der Waals surface area contributed by atoms with Crippen molar-refractivity contribution in [2.24, 2.45) is 5.92 Å². The Labute approximate surface area is 196 Å². The number of aromatic nitrogens is 3. The van der Waals surface area contributed by atoms with E-state index in [1.807, 2.05) is 18.2 Å². The summed E-state index contributed by atoms with van der Waals surface area (Å²) in [5.41, 5.74) is 0.623. The van der Waals surface area contributed by atoms with Gasteiger partial charge < -0.3 is 19.7 Å². The van der Waals surface area contributed by atoms with Crippen molar-refractivity contribution in [3.63, 3.8) is 0 Å². The van der Waals surface area contributed by atoms with Gasteiger partial charge in [0.1, 0.15) is 23.1 Å². The molecule has 0 saturated carbocycles. The molecule has 34 heavy (non-hydrogen) atoms. The third kappa shape index (κ3) is 4.59. The summed E-state index contributed by atoms with van der Waals surface area (Å²) in [6.07, 6.45) is 9.53. The van der Waals surface area contributed by atoms with Gasteiger partial charge in [-0.2, -0.15) is 4.52 Å². The van der Waals surface area contributed by atoms with Gasteiger partial charge in [0.25, 0.3) is 5.91 Å². The maximum absolute atomic E-state index is 13.8. The van der Waals surface area contributed by atoms with E-state index in [2.05, 4.69) is 15.2 Å². The number of allylic oxidation sites excluding steroid dienone is 3. The van der Waals surface area contributed by atoms with Crippen LogP contribution in [0.25, 0.3) is 5.65 Å². The Hall–Kier alpha value is -3.88. The van der Waals surface area contributed by atoms with Crippen molar-refractivity contribution in [3.05, 3.63) is 66.6 Å². The predicted molar refractivity (Wildman–Crippen MR) is 127 cm³/mol. The quantitative estimate of drug-likeness (QED) is 0.567. The van der Waals surface area contributed by atoms with Gasteiger partial charge in [-0.3, -0.25) is 4.79 Å². The van der Waals surface area contributed by atoms with Gasteiger partial charge in [-0.1, -0.05) is 6.08 Å². The monoisotopic (exact) mass is 463 g/mol. The fourth-order valence-electron chi connectivity index (χ4n) is 4.56. The number of carbonyl (C=O) groups is 1. The first-order valence-electron chi connectivity index (χ1n) is 11.3. The normalized spacial score (nSPS) is 19.8. The highest BCUT2D eigenvalue weighted by molar-refractivity contribution is 5.91. The molecule has 2 aliphatic rings. The minimum absolute atomic E-state index is 0.113. The summed E-state index contributed by atoms with van der Waals surface area (Å²) < 4.78 is 26.1. The molecule has 5 rings (SSSR count). The maximum atomic E-state index is 13.8. The van der Waals surface area contributed by atoms with Crippen LogP contribution in [0.4, 0.5) is 16.0 Å². The molecule has 2 atom stereocenters. The van der Waals surface area contributed by atoms with Crippen LogP contribution in [0, 0.1) is 5.92 Å². The number of carbonyl (C=O) groups excluding carboxylic acids is 1. The first-order valence-corrected chi connectivity index (χ1v) is 11.3. The molecule has 1 aromatic carbocycles. The number of ether oxygens (including phenoxy) is 2. The lowest BCUT2D eigenvalue weighted by Crippen LogP contribution is -2.36. The molecular weight excluding hydrogens is 437 g/mol. The molecule has 2 unspecified atom stereocenters. The Morgan fingerprint density at radius 2 is 2.03 bits per heavy atom. The number of halogens is 1. The molecule has 8 nitrogen and oxygen atoms in total. The predicted octanol–water partition coefficient (Wildman–Crippen LogP) is 4.15. The number of anilines is 2. The molecule has 0 radical (unpaired) electrons. The zero-order valence-electron chi connectivity index (χ0n) is 18.9. The van der Waals surface area contributed by atoms with Gasteiger partial charge in [0, 0.05) is 18.5 Å². The number of benzene rings is 1. The molecule has 2 aromatic heterocycles. The van der Waals surface area contributed by atoms with Crippen molar-refractivity contribution in [3.8, 4) is 11.5 Å². The van der Waals surface area contributed by atoms with Gasteiger partial charge in [0.05, 0.1) is 13.3 Å². The average molecular weight is 464 g/mol. The minimum atomic E-state index is -0.321. The van der Waals surface area contributed by atoms with E-state index >= 15 is 0 Å². The van der Waals surface area contributed by atoms with Crippen molar-refractivity contribution in [2.75, 3.05) is 30.5 Å². The van der Waals surface area contributed by atoms with E-state index in [-0.39, 0.29) is 30.3 Å². The zero-order valence-corrected chi connectivity index (χ0v) is 18.9. The summed E-state index contributed by atoms with van der Waals surface area (Å²) in [5.74, 6) is 2.13. The van der Waals surface area contributed by atoms with Crippen LogP contribution >= 0.6 is 0 Å². The Morgan fingerprint density at radius 1 is 1.21 bits per heavy atom. The van der Waals surface area contributed by atoms with Gasteiger partial charge >= 0.3 is 0 Å². The molecule has 3 aromatic rings. The van der Waals surface area contributed by atoms with Crippen LogP contribution in [0.15, 0.2) is 66.6 Å². The van der Waals surface area contributed by atoms with Crippen LogP contribution < -0.4 is 19.7 Å². The van der Waals surface area contributed by atoms with E-state index in [0.717, 1.165) is 31.6 Å². The molecule has 1 amide bonds. The molecule has 0 spiro atoms. The van der Waals surface area contributed by atoms with Crippen LogP contribution in [0.3, 0.4) is 0 Å². The number of hydrogen-bond donors (Lipinski definition) is 1. The number of fused-ring (bicyclic) bond motifs is 1. The molecule has 1 N–H and O–H groups in total. The minimum Gasteiger partial charge on any atom is -0.497 e. The van der Waals surface area contributed by atoms with Gasteiger partial charge in [-0.25, -0.2) is 9.37 Å². The lowest BCUT2D eigenvalue weighted by molar-refractivity contribution is -0.118. The molecule has 3 heterocycles. The zero-order chi connectivity index (χ0) is 23.5. The molecule has 9 heteroatoms. The molecular formula is C25H26FN5O3. The standard InChI is InChI=1S/C25H26FN5O3/c1-33-19-7-9-20(10-8-19)34-16-25(32)28-24-15-27-22-11-12-23(29-31(22)24)30-13-3-6-21(30)17-4-2-5-18(26)14-17/h2,5,7-12,14-15,17,21H,3-4,6,13,16H2,1H3,(H,28,32). The molecule has 1 fully saturated rings. The Balaban J connectivity index is 1.29. The summed E-state index contributed by atoms with van der Waals surface area (Å²) in [7, 11) is 1.59. The number of rotatable bonds is 7. The third-order valence-corrected chi connectivity index (χ3v) is 6.19. The first kappa shape index (κ1) is 21.9. The molecule has 1 aliphatic carbocycles. The highest BCUT2D eigenvalue weighted by atomic mass is 19.1. The summed E-state index contributed by atoms with van der Waals surface area (Å²) >= 11 is 0. The lowest BCUT2D eigenvalue weighted by Gasteiger charge is -2.31. The number of methoxy groups -OCH3 is 1.